The smallest absolute Gasteiger partial charge is 0.325 e. The van der Waals surface area contributed by atoms with Crippen LogP contribution in [-0.4, -0.2) is 51.2 Å². The number of thiophene rings is 2. The first kappa shape index (κ1) is 24.5. The molecule has 0 spiro atoms. The topological polar surface area (TPSA) is 104 Å². The van der Waals surface area contributed by atoms with Crippen molar-refractivity contribution < 1.29 is 14.4 Å². The van der Waals surface area contributed by atoms with Crippen LogP contribution in [0.15, 0.2) is 35.2 Å². The molecule has 1 aliphatic rings. The van der Waals surface area contributed by atoms with Gasteiger partial charge in [-0.25, -0.2) is 14.8 Å². The Balaban J connectivity index is 0.000000286. The van der Waals surface area contributed by atoms with Crippen molar-refractivity contribution in [3.63, 3.8) is 0 Å². The van der Waals surface area contributed by atoms with E-state index in [1.54, 1.807) is 38.3 Å². The van der Waals surface area contributed by atoms with Crippen LogP contribution in [0.1, 0.15) is 41.6 Å². The molecule has 3 aromatic rings. The summed E-state index contributed by atoms with van der Waals surface area (Å²) in [5.41, 5.74) is 2.30. The number of anilines is 1. The van der Waals surface area contributed by atoms with Crippen molar-refractivity contribution in [1.29, 1.82) is 0 Å². The van der Waals surface area contributed by atoms with Gasteiger partial charge in [0.25, 0.3) is 5.91 Å². The second-order valence-electron chi connectivity index (χ2n) is 8.08. The van der Waals surface area contributed by atoms with Gasteiger partial charge >= 0.3 is 6.03 Å². The minimum Gasteiger partial charge on any atom is -0.352 e. The third kappa shape index (κ3) is 5.63. The van der Waals surface area contributed by atoms with Crippen molar-refractivity contribution >= 4 is 46.3 Å². The number of carbonyl (C=O) groups excluding carboxylic acids is 3. The van der Waals surface area contributed by atoms with Gasteiger partial charge in [-0.05, 0) is 74.7 Å². The van der Waals surface area contributed by atoms with Gasteiger partial charge < -0.3 is 10.2 Å². The number of ketones is 1. The molecule has 8 nitrogen and oxygen atoms in total. The van der Waals surface area contributed by atoms with Gasteiger partial charge in [0.05, 0.1) is 15.4 Å². The molecule has 0 saturated carbocycles. The van der Waals surface area contributed by atoms with E-state index in [0.29, 0.717) is 19.0 Å². The van der Waals surface area contributed by atoms with Crippen LogP contribution in [0.4, 0.5) is 10.7 Å². The van der Waals surface area contributed by atoms with Crippen molar-refractivity contribution in [2.75, 3.05) is 18.4 Å². The number of aromatic nitrogens is 2. The van der Waals surface area contributed by atoms with Crippen molar-refractivity contribution in [2.24, 2.45) is 0 Å². The van der Waals surface area contributed by atoms with E-state index in [-0.39, 0.29) is 17.7 Å². The van der Waals surface area contributed by atoms with Crippen LogP contribution in [0.3, 0.4) is 0 Å². The van der Waals surface area contributed by atoms with Crippen LogP contribution in [0, 0.1) is 13.8 Å². The number of nitrogens with one attached hydrogen (secondary N) is 2. The molecule has 3 amide bonds. The predicted octanol–water partition coefficient (Wildman–Crippen LogP) is 4.51. The quantitative estimate of drug-likeness (QED) is 0.393. The fourth-order valence-corrected chi connectivity index (χ4v) is 5.02. The van der Waals surface area contributed by atoms with Gasteiger partial charge in [-0.15, -0.1) is 22.7 Å². The lowest BCUT2D eigenvalue weighted by molar-refractivity contribution is -0.125. The summed E-state index contributed by atoms with van der Waals surface area (Å²) in [4.78, 5) is 46.5. The minimum absolute atomic E-state index is 0.169. The summed E-state index contributed by atoms with van der Waals surface area (Å²) in [5, 5.41) is 9.42. The summed E-state index contributed by atoms with van der Waals surface area (Å²) in [6, 6.07) is 5.53. The standard InChI is InChI=1S/C16H19N5O2S.C7H8OS/c1-10-5-9-24-12(10)11-4-6-17-14(19-11)18-7-8-21-15(23)20-13(22)16(21,2)3;1-5-3-4-9-7(5)6(2)8/h4-6,9H,7-8H2,1-3H3,(H,17,18,19)(H,20,22,23);3-4H,1-2H3. The second kappa shape index (κ2) is 10.2. The fraction of sp³-hybridized carbons (Fsp3) is 0.348. The highest BCUT2D eigenvalue weighted by atomic mass is 32.1. The Labute approximate surface area is 201 Å². The predicted molar refractivity (Wildman–Crippen MR) is 132 cm³/mol. The molecule has 1 saturated heterocycles. The van der Waals surface area contributed by atoms with E-state index in [9.17, 15) is 14.4 Å². The number of rotatable bonds is 6. The molecule has 33 heavy (non-hydrogen) atoms. The van der Waals surface area contributed by atoms with E-state index in [2.05, 4.69) is 26.7 Å². The monoisotopic (exact) mass is 485 g/mol. The maximum absolute atomic E-state index is 11.8. The number of amides is 3. The van der Waals surface area contributed by atoms with E-state index >= 15 is 0 Å². The maximum atomic E-state index is 11.8. The highest BCUT2D eigenvalue weighted by Crippen LogP contribution is 2.27. The molecule has 3 aromatic heterocycles. The largest absolute Gasteiger partial charge is 0.352 e. The molecule has 174 valence electrons. The summed E-state index contributed by atoms with van der Waals surface area (Å²) in [6.07, 6.45) is 1.71. The Morgan fingerprint density at radius 2 is 1.82 bits per heavy atom. The number of carbonyl (C=O) groups is 3. The Kier molecular flexibility index (Phi) is 7.60. The first-order chi connectivity index (χ1) is 15.6. The lowest BCUT2D eigenvalue weighted by Crippen LogP contribution is -2.46. The van der Waals surface area contributed by atoms with E-state index in [1.165, 1.54) is 21.8 Å². The van der Waals surface area contributed by atoms with Gasteiger partial charge in [0.1, 0.15) is 5.54 Å². The Morgan fingerprint density at radius 1 is 1.12 bits per heavy atom. The number of Topliss-reactive ketones (excluding diaryl/α,β-unsaturated/α-hetero) is 1. The molecule has 0 atom stereocenters. The van der Waals surface area contributed by atoms with Crippen LogP contribution in [0.25, 0.3) is 10.6 Å². The molecular weight excluding hydrogens is 458 g/mol. The van der Waals surface area contributed by atoms with Crippen molar-refractivity contribution in [3.8, 4) is 10.6 Å². The average Bonchev–Trinajstić information content (AvgIpc) is 3.43. The molecule has 1 aliphatic heterocycles. The fourth-order valence-electron chi connectivity index (χ4n) is 3.29. The molecule has 0 bridgehead atoms. The van der Waals surface area contributed by atoms with Gasteiger partial charge in [0.2, 0.25) is 5.95 Å². The molecule has 0 aliphatic carbocycles. The van der Waals surface area contributed by atoms with Crippen LogP contribution < -0.4 is 10.6 Å². The third-order valence-electron chi connectivity index (χ3n) is 5.25. The van der Waals surface area contributed by atoms with Crippen LogP contribution in [0.5, 0.6) is 0 Å². The summed E-state index contributed by atoms with van der Waals surface area (Å²) < 4.78 is 0. The van der Waals surface area contributed by atoms with Gasteiger partial charge in [0.15, 0.2) is 5.78 Å². The maximum Gasteiger partial charge on any atom is 0.325 e. The van der Waals surface area contributed by atoms with E-state index in [0.717, 1.165) is 21.0 Å². The Bertz CT molecular complexity index is 1170. The molecule has 10 heteroatoms. The zero-order chi connectivity index (χ0) is 24.2. The molecule has 2 N–H and O–H groups in total. The second-order valence-corrected chi connectivity index (χ2v) is 9.92. The van der Waals surface area contributed by atoms with Gasteiger partial charge in [-0.2, -0.15) is 0 Å². The number of aryl methyl sites for hydroxylation is 2. The van der Waals surface area contributed by atoms with Crippen LogP contribution >= 0.6 is 22.7 Å². The van der Waals surface area contributed by atoms with Crippen molar-refractivity contribution in [2.45, 2.75) is 40.2 Å². The summed E-state index contributed by atoms with van der Waals surface area (Å²) in [6.45, 7) is 9.89. The highest BCUT2D eigenvalue weighted by Gasteiger charge is 2.44. The van der Waals surface area contributed by atoms with Crippen molar-refractivity contribution in [1.82, 2.24) is 20.2 Å². The molecule has 4 rings (SSSR count). The molecule has 0 aromatic carbocycles. The number of nitrogens with zero attached hydrogens (tertiary/aromatic N) is 3. The van der Waals surface area contributed by atoms with Crippen LogP contribution in [-0.2, 0) is 4.79 Å². The van der Waals surface area contributed by atoms with Crippen LogP contribution in [0.2, 0.25) is 0 Å². The highest BCUT2D eigenvalue weighted by molar-refractivity contribution is 7.13. The number of urea groups is 1. The molecular formula is C23H27N5O3S2. The zero-order valence-corrected chi connectivity index (χ0v) is 20.9. The lowest BCUT2D eigenvalue weighted by Gasteiger charge is -2.27. The van der Waals surface area contributed by atoms with Gasteiger partial charge in [0, 0.05) is 19.3 Å². The number of hydrogen-bond acceptors (Lipinski definition) is 8. The van der Waals surface area contributed by atoms with Gasteiger partial charge in [-0.3, -0.25) is 14.9 Å². The SMILES string of the molecule is CC(=O)c1sccc1C.Cc1ccsc1-c1ccnc(NCCN2C(=O)NC(=O)C2(C)C)n1. The first-order valence-electron chi connectivity index (χ1n) is 10.4. The summed E-state index contributed by atoms with van der Waals surface area (Å²) in [7, 11) is 0. The van der Waals surface area contributed by atoms with E-state index in [1.807, 2.05) is 36.7 Å². The minimum atomic E-state index is -0.838. The molecule has 1 fully saturated rings. The summed E-state index contributed by atoms with van der Waals surface area (Å²) >= 11 is 3.15. The normalized spacial score (nSPS) is 14.5. The first-order valence-corrected chi connectivity index (χ1v) is 12.2. The third-order valence-corrected chi connectivity index (χ3v) is 7.40. The number of imide groups is 1. The van der Waals surface area contributed by atoms with Crippen molar-refractivity contribution in [3.05, 3.63) is 51.2 Å². The number of hydrogen-bond donors (Lipinski definition) is 2. The lowest BCUT2D eigenvalue weighted by atomic mass is 10.0. The summed E-state index contributed by atoms with van der Waals surface area (Å²) in [5.74, 6) is 0.394. The van der Waals surface area contributed by atoms with E-state index < -0.39 is 5.54 Å². The molecule has 0 unspecified atom stereocenters. The Morgan fingerprint density at radius 3 is 2.33 bits per heavy atom. The van der Waals surface area contributed by atoms with Gasteiger partial charge in [-0.1, -0.05) is 0 Å². The molecule has 0 radical (unpaired) electrons. The van der Waals surface area contributed by atoms with E-state index in [4.69, 9.17) is 0 Å². The Hall–Kier alpha value is -3.11. The molecule has 4 heterocycles. The zero-order valence-electron chi connectivity index (χ0n) is 19.3. The average molecular weight is 486 g/mol.